The molecule has 0 aromatic rings. The van der Waals surface area contributed by atoms with E-state index in [1.807, 2.05) is 0 Å². The fraction of sp³-hybridized carbons (Fsp3) is 1.00. The SMILES string of the molecule is C[CH2][Bi]([CH2]C)([CH2]C)([CH2]C)[CH2][CH2][BiH2]. The van der Waals surface area contributed by atoms with Crippen LogP contribution < -0.4 is 0 Å². The summed E-state index contributed by atoms with van der Waals surface area (Å²) in [4.78, 5) is 0. The summed E-state index contributed by atoms with van der Waals surface area (Å²) in [5, 5.41) is 0. The molecular weight excluding hydrogens is 538 g/mol. The molecule has 0 aliphatic carbocycles. The normalized spacial score (nSPS) is 15.6. The van der Waals surface area contributed by atoms with Gasteiger partial charge in [0.1, 0.15) is 0 Å². The molecule has 0 nitrogen and oxygen atoms in total. The van der Waals surface area contributed by atoms with Crippen LogP contribution in [0.5, 0.6) is 0 Å². The second-order valence-corrected chi connectivity index (χ2v) is 35.2. The molecule has 0 atom stereocenters. The van der Waals surface area contributed by atoms with Gasteiger partial charge in [-0.1, -0.05) is 0 Å². The van der Waals surface area contributed by atoms with Crippen molar-refractivity contribution >= 4 is 43.5 Å². The van der Waals surface area contributed by atoms with Gasteiger partial charge in [0.2, 0.25) is 0 Å². The van der Waals surface area contributed by atoms with Gasteiger partial charge in [0.15, 0.2) is 0 Å². The Morgan fingerprint density at radius 1 is 0.833 bits per heavy atom. The third kappa shape index (κ3) is 2.63. The minimum absolute atomic E-state index is 1.24. The average molecular weight is 564 g/mol. The second-order valence-electron chi connectivity index (χ2n) is 4.01. The van der Waals surface area contributed by atoms with Crippen molar-refractivity contribution in [2.45, 2.75) is 52.5 Å². The molecule has 0 radical (unpaired) electrons. The second kappa shape index (κ2) is 5.60. The van der Waals surface area contributed by atoms with Crippen LogP contribution in [-0.2, 0) is 0 Å². The maximum absolute atomic E-state index is 2.48. The molecule has 0 spiro atoms. The molecule has 0 saturated heterocycles. The van der Waals surface area contributed by atoms with Crippen LogP contribution in [0.1, 0.15) is 27.7 Å². The van der Waals surface area contributed by atoms with E-state index in [-0.39, 0.29) is 0 Å². The van der Waals surface area contributed by atoms with Crippen LogP contribution in [-0.4, -0.2) is 43.5 Å². The Morgan fingerprint density at radius 2 is 1.17 bits per heavy atom. The monoisotopic (exact) mass is 564 g/mol. The van der Waals surface area contributed by atoms with Gasteiger partial charge in [-0.25, -0.2) is 0 Å². The van der Waals surface area contributed by atoms with Crippen molar-refractivity contribution in [3.8, 4) is 0 Å². The molecule has 0 rings (SSSR count). The van der Waals surface area contributed by atoms with Gasteiger partial charge >= 0.3 is 96.0 Å². The summed E-state index contributed by atoms with van der Waals surface area (Å²) in [7, 11) is 0. The maximum atomic E-state index is 2.48. The standard InChI is InChI=1S/4C2H5.C2H4.2Bi.2H/c5*1-2;;;;/h4*1H2,2H3;1-2H2;;;;. The number of hydrogen-bond acceptors (Lipinski definition) is 0. The zero-order valence-corrected chi connectivity index (χ0v) is 17.2. The third-order valence-electron chi connectivity index (χ3n) is 4.34. The first-order chi connectivity index (χ1) is 5.62. The van der Waals surface area contributed by atoms with E-state index >= 15 is 0 Å². The molecule has 76 valence electrons. The Hall–Kier alpha value is 1.77. The van der Waals surface area contributed by atoms with Crippen LogP contribution in [0.3, 0.4) is 0 Å². The molecule has 0 N–H and O–H groups in total. The van der Waals surface area contributed by atoms with E-state index in [1.54, 1.807) is 24.8 Å². The zero-order valence-electron chi connectivity index (χ0n) is 9.27. The molecule has 0 aliphatic rings. The zero-order chi connectivity index (χ0) is 9.69. The van der Waals surface area contributed by atoms with E-state index in [0.717, 1.165) is 0 Å². The Morgan fingerprint density at radius 3 is 1.25 bits per heavy atom. The summed E-state index contributed by atoms with van der Waals surface area (Å²) in [6.07, 6.45) is 0. The Bertz CT molecular complexity index is 104. The van der Waals surface area contributed by atoms with Crippen LogP contribution in [0.2, 0.25) is 24.8 Å². The van der Waals surface area contributed by atoms with Crippen molar-refractivity contribution in [3.05, 3.63) is 0 Å². The van der Waals surface area contributed by atoms with Crippen molar-refractivity contribution in [2.24, 2.45) is 0 Å². The number of rotatable bonds is 6. The van der Waals surface area contributed by atoms with E-state index in [9.17, 15) is 0 Å². The van der Waals surface area contributed by atoms with Gasteiger partial charge in [-0.3, -0.25) is 0 Å². The Kier molecular flexibility index (Phi) is 6.42. The Balaban J connectivity index is 4.70. The van der Waals surface area contributed by atoms with E-state index in [4.69, 9.17) is 0 Å². The molecule has 0 bridgehead atoms. The quantitative estimate of drug-likeness (QED) is 0.434. The molecule has 0 unspecified atom stereocenters. The molecule has 2 heteroatoms. The van der Waals surface area contributed by atoms with Gasteiger partial charge in [0.25, 0.3) is 0 Å². The van der Waals surface area contributed by atoms with Crippen molar-refractivity contribution in [1.82, 2.24) is 0 Å². The predicted octanol–water partition coefficient (Wildman–Crippen LogP) is 3.52. The summed E-state index contributed by atoms with van der Waals surface area (Å²) < 4.78 is 9.63. The van der Waals surface area contributed by atoms with Crippen molar-refractivity contribution in [1.29, 1.82) is 0 Å². The molecule has 0 aromatic heterocycles. The fourth-order valence-corrected chi connectivity index (χ4v) is 45.4. The van der Waals surface area contributed by atoms with Gasteiger partial charge < -0.3 is 0 Å². The average Bonchev–Trinajstić information content (AvgIpc) is 2.16. The third-order valence-corrected chi connectivity index (χ3v) is 46.9. The Labute approximate surface area is 94.9 Å². The van der Waals surface area contributed by atoms with Crippen molar-refractivity contribution in [2.75, 3.05) is 0 Å². The summed E-state index contributed by atoms with van der Waals surface area (Å²) >= 11 is -0.885. The summed E-state index contributed by atoms with van der Waals surface area (Å²) in [5.74, 6) is 0. The first kappa shape index (κ1) is 13.8. The molecule has 0 amide bonds. The van der Waals surface area contributed by atoms with Crippen LogP contribution in [0.25, 0.3) is 0 Å². The molecule has 0 fully saturated rings. The first-order valence-electron chi connectivity index (χ1n) is 5.32. The summed E-state index contributed by atoms with van der Waals surface area (Å²) in [6.45, 7) is 9.90. The van der Waals surface area contributed by atoms with Crippen LogP contribution in [0, 0.1) is 0 Å². The minimum atomic E-state index is -2.12. The van der Waals surface area contributed by atoms with Gasteiger partial charge in [0.05, 0.1) is 0 Å². The molecule has 12 heavy (non-hydrogen) atoms. The summed E-state index contributed by atoms with van der Waals surface area (Å²) in [6, 6.07) is 0. The topological polar surface area (TPSA) is 0 Å². The fourth-order valence-electron chi connectivity index (χ4n) is 2.34. The molecule has 0 aromatic carbocycles. The van der Waals surface area contributed by atoms with Crippen molar-refractivity contribution in [3.63, 3.8) is 0 Å². The molecular formula is C10H26Bi2. The van der Waals surface area contributed by atoms with E-state index in [0.29, 0.717) is 0 Å². The van der Waals surface area contributed by atoms with Crippen LogP contribution in [0.4, 0.5) is 0 Å². The number of hydrogen-bond donors (Lipinski definition) is 0. The van der Waals surface area contributed by atoms with Crippen molar-refractivity contribution < 1.29 is 0 Å². The summed E-state index contributed by atoms with van der Waals surface area (Å²) in [5.41, 5.74) is 0. The van der Waals surface area contributed by atoms with E-state index in [2.05, 4.69) is 27.7 Å². The van der Waals surface area contributed by atoms with E-state index in [1.165, 1.54) is 24.7 Å². The van der Waals surface area contributed by atoms with Crippen LogP contribution >= 0.6 is 0 Å². The molecule has 0 saturated carbocycles. The van der Waals surface area contributed by atoms with Gasteiger partial charge in [-0.2, -0.15) is 0 Å². The van der Waals surface area contributed by atoms with Gasteiger partial charge in [0, 0.05) is 0 Å². The first-order valence-corrected chi connectivity index (χ1v) is 20.8. The molecule has 0 aliphatic heterocycles. The van der Waals surface area contributed by atoms with Gasteiger partial charge in [-0.05, 0) is 0 Å². The molecule has 0 heterocycles. The van der Waals surface area contributed by atoms with Gasteiger partial charge in [-0.15, -0.1) is 0 Å². The van der Waals surface area contributed by atoms with E-state index < -0.39 is 18.8 Å². The van der Waals surface area contributed by atoms with Crippen LogP contribution in [0.15, 0.2) is 0 Å². The predicted molar refractivity (Wildman–Crippen MR) is 65.8 cm³/mol.